The van der Waals surface area contributed by atoms with Crippen LogP contribution in [0.1, 0.15) is 6.42 Å². The maximum absolute atomic E-state index is 10.6. The number of aromatic nitrogens is 2. The number of hydrogen-bond acceptors (Lipinski definition) is 2. The van der Waals surface area contributed by atoms with Crippen LogP contribution in [0.5, 0.6) is 0 Å². The lowest BCUT2D eigenvalue weighted by Gasteiger charge is -1.95. The fraction of sp³-hybridized carbons (Fsp3) is 0.182. The highest BCUT2D eigenvalue weighted by atomic mass is 35.5. The van der Waals surface area contributed by atoms with Crippen LogP contribution in [-0.2, 0) is 11.3 Å². The van der Waals surface area contributed by atoms with Gasteiger partial charge in [0.25, 0.3) is 0 Å². The predicted molar refractivity (Wildman–Crippen MR) is 55.7 cm³/mol. The van der Waals surface area contributed by atoms with E-state index in [2.05, 4.69) is 5.10 Å². The Bertz CT molecular complexity index is 501. The van der Waals surface area contributed by atoms with Crippen molar-refractivity contribution in [2.24, 2.45) is 5.73 Å². The Morgan fingerprint density at radius 2 is 2.00 bits per heavy atom. The Hall–Kier alpha value is -1.68. The molecule has 2 N–H and O–H groups in total. The number of aryl methyl sites for hydroxylation is 1. The van der Waals surface area contributed by atoms with Gasteiger partial charge >= 0.3 is 0 Å². The van der Waals surface area contributed by atoms with Gasteiger partial charge in [-0.3, -0.25) is 4.79 Å². The molecule has 4 nitrogen and oxygen atoms in total. The highest BCUT2D eigenvalue weighted by molar-refractivity contribution is 5.79. The van der Waals surface area contributed by atoms with Crippen molar-refractivity contribution in [3.63, 3.8) is 0 Å². The van der Waals surface area contributed by atoms with Gasteiger partial charge in [-0.2, -0.15) is 0 Å². The second-order valence-electron chi connectivity index (χ2n) is 3.38. The van der Waals surface area contributed by atoms with Gasteiger partial charge in [-0.25, -0.2) is 0 Å². The minimum atomic E-state index is -0.308. The zero-order chi connectivity index (χ0) is 10.7. The van der Waals surface area contributed by atoms with Crippen molar-refractivity contribution in [2.45, 2.75) is 13.0 Å². The second-order valence-corrected chi connectivity index (χ2v) is 3.38. The normalized spacial score (nSPS) is 9.75. The SMILES string of the molecule is NC(=O)CC[n+]1cc2ccccc2cn1.[Cl-]. The van der Waals surface area contributed by atoms with Crippen molar-refractivity contribution in [1.82, 2.24) is 5.10 Å². The Labute approximate surface area is 99.5 Å². The van der Waals surface area contributed by atoms with Crippen LogP contribution >= 0.6 is 0 Å². The third-order valence-corrected chi connectivity index (χ3v) is 2.22. The van der Waals surface area contributed by atoms with Crippen molar-refractivity contribution >= 4 is 16.7 Å². The molecule has 0 aliphatic heterocycles. The number of amides is 1. The molecule has 0 bridgehead atoms. The summed E-state index contributed by atoms with van der Waals surface area (Å²) in [5, 5.41) is 6.39. The standard InChI is InChI=1S/C11H11N3O.ClH/c12-11(15)5-6-14-8-10-4-2-1-3-9(10)7-13-14;/h1-4,7-8H,5-6H2,(H-,12,15);1H. The molecule has 0 fully saturated rings. The highest BCUT2D eigenvalue weighted by Crippen LogP contribution is 2.08. The molecule has 0 spiro atoms. The van der Waals surface area contributed by atoms with E-state index in [1.165, 1.54) is 0 Å². The minimum Gasteiger partial charge on any atom is -1.00 e. The maximum atomic E-state index is 10.6. The number of nitrogens with zero attached hydrogens (tertiary/aromatic N) is 2. The van der Waals surface area contributed by atoms with Gasteiger partial charge in [-0.1, -0.05) is 22.9 Å². The molecule has 1 heterocycles. The van der Waals surface area contributed by atoms with Crippen LogP contribution in [-0.4, -0.2) is 11.0 Å². The summed E-state index contributed by atoms with van der Waals surface area (Å²) in [4.78, 5) is 10.6. The number of primary amides is 1. The molecular weight excluding hydrogens is 226 g/mol. The van der Waals surface area contributed by atoms with Crippen molar-refractivity contribution < 1.29 is 21.9 Å². The lowest BCUT2D eigenvalue weighted by atomic mass is 10.2. The summed E-state index contributed by atoms with van der Waals surface area (Å²) < 4.78 is 1.73. The molecule has 0 atom stereocenters. The molecule has 5 heteroatoms. The van der Waals surface area contributed by atoms with E-state index >= 15 is 0 Å². The number of halogens is 1. The van der Waals surface area contributed by atoms with E-state index in [1.807, 2.05) is 30.5 Å². The van der Waals surface area contributed by atoms with Crippen molar-refractivity contribution in [1.29, 1.82) is 0 Å². The molecule has 2 aromatic rings. The zero-order valence-corrected chi connectivity index (χ0v) is 9.39. The summed E-state index contributed by atoms with van der Waals surface area (Å²) >= 11 is 0. The second kappa shape index (κ2) is 5.42. The monoisotopic (exact) mass is 237 g/mol. The Morgan fingerprint density at radius 1 is 1.31 bits per heavy atom. The highest BCUT2D eigenvalue weighted by Gasteiger charge is 2.06. The molecule has 16 heavy (non-hydrogen) atoms. The van der Waals surface area contributed by atoms with Gasteiger partial charge in [0.2, 0.25) is 12.1 Å². The van der Waals surface area contributed by atoms with E-state index in [0.717, 1.165) is 10.8 Å². The fourth-order valence-electron chi connectivity index (χ4n) is 1.42. The summed E-state index contributed by atoms with van der Waals surface area (Å²) in [5.74, 6) is -0.308. The molecule has 1 aromatic heterocycles. The Balaban J connectivity index is 0.00000128. The molecule has 0 aliphatic carbocycles. The van der Waals surface area contributed by atoms with Crippen LogP contribution in [0.15, 0.2) is 36.7 Å². The van der Waals surface area contributed by atoms with E-state index in [0.29, 0.717) is 13.0 Å². The largest absolute Gasteiger partial charge is 1.00 e. The topological polar surface area (TPSA) is 59.9 Å². The maximum Gasteiger partial charge on any atom is 0.223 e. The predicted octanol–water partition coefficient (Wildman–Crippen LogP) is -2.60. The number of nitrogens with two attached hydrogens (primary N) is 1. The van der Waals surface area contributed by atoms with Crippen LogP contribution in [0.3, 0.4) is 0 Å². The number of carbonyl (C=O) groups is 1. The van der Waals surface area contributed by atoms with Crippen LogP contribution in [0.4, 0.5) is 0 Å². The number of carbonyl (C=O) groups excluding carboxylic acids is 1. The Kier molecular flexibility index (Phi) is 4.19. The quantitative estimate of drug-likeness (QED) is 0.596. The van der Waals surface area contributed by atoms with Gasteiger partial charge in [0.1, 0.15) is 6.20 Å². The average Bonchev–Trinajstić information content (AvgIpc) is 2.26. The number of fused-ring (bicyclic) bond motifs is 1. The number of rotatable bonds is 3. The lowest BCUT2D eigenvalue weighted by molar-refractivity contribution is -0.751. The molecular formula is C11H12ClN3O. The van der Waals surface area contributed by atoms with Gasteiger partial charge in [0.15, 0.2) is 6.54 Å². The average molecular weight is 238 g/mol. The fourth-order valence-corrected chi connectivity index (χ4v) is 1.42. The third-order valence-electron chi connectivity index (χ3n) is 2.22. The molecule has 1 aromatic carbocycles. The van der Waals surface area contributed by atoms with Crippen molar-refractivity contribution in [3.05, 3.63) is 36.7 Å². The van der Waals surface area contributed by atoms with Crippen molar-refractivity contribution in [3.8, 4) is 0 Å². The van der Waals surface area contributed by atoms with E-state index in [1.54, 1.807) is 10.9 Å². The van der Waals surface area contributed by atoms with E-state index in [-0.39, 0.29) is 18.3 Å². The summed E-state index contributed by atoms with van der Waals surface area (Å²) in [7, 11) is 0. The molecule has 0 unspecified atom stereocenters. The van der Waals surface area contributed by atoms with Crippen molar-refractivity contribution in [2.75, 3.05) is 0 Å². The summed E-state index contributed by atoms with van der Waals surface area (Å²) in [6.07, 6.45) is 4.02. The van der Waals surface area contributed by atoms with E-state index in [4.69, 9.17) is 5.73 Å². The molecule has 0 radical (unpaired) electrons. The summed E-state index contributed by atoms with van der Waals surface area (Å²) in [5.41, 5.74) is 5.07. The van der Waals surface area contributed by atoms with E-state index in [9.17, 15) is 4.79 Å². The van der Waals surface area contributed by atoms with Gasteiger partial charge < -0.3 is 18.1 Å². The van der Waals surface area contributed by atoms with Crippen LogP contribution in [0.2, 0.25) is 0 Å². The summed E-state index contributed by atoms with van der Waals surface area (Å²) in [6.45, 7) is 0.528. The van der Waals surface area contributed by atoms with Gasteiger partial charge in [-0.05, 0) is 11.2 Å². The van der Waals surface area contributed by atoms with Gasteiger partial charge in [0.05, 0.1) is 6.42 Å². The van der Waals surface area contributed by atoms with Crippen LogP contribution in [0.25, 0.3) is 10.8 Å². The first-order valence-corrected chi connectivity index (χ1v) is 4.78. The first-order valence-electron chi connectivity index (χ1n) is 4.78. The third kappa shape index (κ3) is 2.90. The first kappa shape index (κ1) is 12.4. The molecule has 84 valence electrons. The minimum absolute atomic E-state index is 0. The number of hydrogen-bond donors (Lipinski definition) is 1. The molecule has 0 saturated carbocycles. The zero-order valence-electron chi connectivity index (χ0n) is 8.64. The Morgan fingerprint density at radius 3 is 2.69 bits per heavy atom. The number of benzene rings is 1. The van der Waals surface area contributed by atoms with Gasteiger partial charge in [0, 0.05) is 10.8 Å². The lowest BCUT2D eigenvalue weighted by Crippen LogP contribution is -3.00. The molecule has 1 amide bonds. The van der Waals surface area contributed by atoms with E-state index < -0.39 is 0 Å². The molecule has 2 rings (SSSR count). The summed E-state index contributed by atoms with van der Waals surface area (Å²) in [6, 6.07) is 7.96. The molecule has 0 aliphatic rings. The molecule has 0 saturated heterocycles. The van der Waals surface area contributed by atoms with Crippen LogP contribution < -0.4 is 22.8 Å². The smallest absolute Gasteiger partial charge is 0.223 e. The van der Waals surface area contributed by atoms with Crippen LogP contribution in [0, 0.1) is 0 Å². The first-order chi connectivity index (χ1) is 7.25. The van der Waals surface area contributed by atoms with Gasteiger partial charge in [-0.15, -0.1) is 0 Å².